The number of aryl methyl sites for hydroxylation is 2. The Morgan fingerprint density at radius 1 is 1.44 bits per heavy atom. The minimum atomic E-state index is -0.0303. The van der Waals surface area contributed by atoms with E-state index in [1.807, 2.05) is 20.0 Å². The highest BCUT2D eigenvalue weighted by Gasteiger charge is 2.12. The van der Waals surface area contributed by atoms with Crippen molar-refractivity contribution in [1.29, 1.82) is 0 Å². The molecule has 0 saturated heterocycles. The van der Waals surface area contributed by atoms with Crippen LogP contribution in [0.1, 0.15) is 28.8 Å². The second kappa shape index (κ2) is 5.31. The van der Waals surface area contributed by atoms with Gasteiger partial charge in [0.05, 0.1) is 17.1 Å². The van der Waals surface area contributed by atoms with Crippen molar-refractivity contribution in [2.45, 2.75) is 19.8 Å². The highest BCUT2D eigenvalue weighted by atomic mass is 35.5. The molecule has 5 heteroatoms. The topological polar surface area (TPSA) is 47.8 Å². The molecule has 0 unspecified atom stereocenters. The Hall–Kier alpha value is -1.68. The van der Waals surface area contributed by atoms with Crippen LogP contribution in [0.25, 0.3) is 0 Å². The Morgan fingerprint density at radius 2 is 2.22 bits per heavy atom. The number of nitrogens with zero attached hydrogens (tertiary/aromatic N) is 3. The number of halogens is 1. The first-order valence-electron chi connectivity index (χ1n) is 5.76. The van der Waals surface area contributed by atoms with E-state index in [2.05, 4.69) is 10.1 Å². The van der Waals surface area contributed by atoms with E-state index in [-0.39, 0.29) is 5.78 Å². The van der Waals surface area contributed by atoms with Crippen molar-refractivity contribution in [3.8, 4) is 0 Å². The zero-order valence-corrected chi connectivity index (χ0v) is 11.1. The van der Waals surface area contributed by atoms with Gasteiger partial charge in [-0.15, -0.1) is 0 Å². The van der Waals surface area contributed by atoms with Crippen molar-refractivity contribution in [2.75, 3.05) is 0 Å². The van der Waals surface area contributed by atoms with Crippen LogP contribution in [0.5, 0.6) is 0 Å². The fraction of sp³-hybridized carbons (Fsp3) is 0.308. The summed E-state index contributed by atoms with van der Waals surface area (Å²) in [6.45, 7) is 2.04. The minimum Gasteiger partial charge on any atom is -0.292 e. The van der Waals surface area contributed by atoms with Gasteiger partial charge in [-0.25, -0.2) is 0 Å². The molecule has 2 aromatic rings. The van der Waals surface area contributed by atoms with Crippen molar-refractivity contribution in [3.05, 3.63) is 46.5 Å². The fourth-order valence-electron chi connectivity index (χ4n) is 1.71. The van der Waals surface area contributed by atoms with E-state index in [1.165, 1.54) is 6.20 Å². The summed E-state index contributed by atoms with van der Waals surface area (Å²) in [7, 11) is 1.84. The number of carbonyl (C=O) groups excluding carboxylic acids is 1. The lowest BCUT2D eigenvalue weighted by Crippen LogP contribution is -2.09. The van der Waals surface area contributed by atoms with E-state index in [0.29, 0.717) is 17.1 Å². The van der Waals surface area contributed by atoms with E-state index in [1.54, 1.807) is 16.8 Å². The van der Waals surface area contributed by atoms with Gasteiger partial charge in [0.1, 0.15) is 5.69 Å². The molecule has 94 valence electrons. The first-order valence-corrected chi connectivity index (χ1v) is 6.14. The molecule has 0 amide bonds. The van der Waals surface area contributed by atoms with Gasteiger partial charge in [0.15, 0.2) is 5.78 Å². The van der Waals surface area contributed by atoms with E-state index in [9.17, 15) is 4.79 Å². The number of ketones is 1. The zero-order valence-electron chi connectivity index (χ0n) is 10.4. The number of hydrogen-bond donors (Lipinski definition) is 0. The summed E-state index contributed by atoms with van der Waals surface area (Å²) >= 11 is 5.74. The number of rotatable bonds is 4. The van der Waals surface area contributed by atoms with Crippen molar-refractivity contribution in [3.63, 3.8) is 0 Å². The van der Waals surface area contributed by atoms with Gasteiger partial charge in [-0.3, -0.25) is 14.5 Å². The third-order valence-corrected chi connectivity index (χ3v) is 2.97. The molecular weight excluding hydrogens is 250 g/mol. The summed E-state index contributed by atoms with van der Waals surface area (Å²) in [6, 6.07) is 5.26. The van der Waals surface area contributed by atoms with Crippen molar-refractivity contribution in [2.24, 2.45) is 7.05 Å². The largest absolute Gasteiger partial charge is 0.292 e. The third-order valence-electron chi connectivity index (χ3n) is 2.74. The first-order chi connectivity index (χ1) is 8.60. The minimum absolute atomic E-state index is 0.0303. The normalized spacial score (nSPS) is 10.6. The summed E-state index contributed by atoms with van der Waals surface area (Å²) < 4.78 is 1.74. The molecule has 0 fully saturated rings. The number of pyridine rings is 1. The number of aromatic nitrogens is 3. The second-order valence-electron chi connectivity index (χ2n) is 4.07. The summed E-state index contributed by atoms with van der Waals surface area (Å²) in [5, 5.41) is 4.84. The van der Waals surface area contributed by atoms with Crippen LogP contribution in [0.15, 0.2) is 24.4 Å². The predicted octanol–water partition coefficient (Wildman–Crippen LogP) is 2.46. The van der Waals surface area contributed by atoms with Gasteiger partial charge in [0, 0.05) is 18.9 Å². The molecule has 2 rings (SSSR count). The first kappa shape index (κ1) is 12.8. The van der Waals surface area contributed by atoms with Gasteiger partial charge >= 0.3 is 0 Å². The predicted molar refractivity (Wildman–Crippen MR) is 69.9 cm³/mol. The molecular formula is C13H14ClN3O. The quantitative estimate of drug-likeness (QED) is 0.796. The molecule has 0 spiro atoms. The summed E-state index contributed by atoms with van der Waals surface area (Å²) in [6.07, 6.45) is 2.65. The van der Waals surface area contributed by atoms with Crippen LogP contribution >= 0.6 is 11.6 Å². The molecule has 0 aromatic carbocycles. The van der Waals surface area contributed by atoms with Crippen LogP contribution in [0.2, 0.25) is 5.02 Å². The Morgan fingerprint density at radius 3 is 2.78 bits per heavy atom. The fourth-order valence-corrected chi connectivity index (χ4v) is 1.82. The molecule has 0 saturated carbocycles. The SMILES string of the molecule is CCc1cc(CC(=O)c2ccc(Cl)cn2)n(C)n1. The smallest absolute Gasteiger partial charge is 0.187 e. The highest BCUT2D eigenvalue weighted by molar-refractivity contribution is 6.30. The molecule has 18 heavy (non-hydrogen) atoms. The maximum absolute atomic E-state index is 12.0. The summed E-state index contributed by atoms with van der Waals surface area (Å²) in [5.41, 5.74) is 2.32. The molecule has 0 aliphatic heterocycles. The number of hydrogen-bond acceptors (Lipinski definition) is 3. The van der Waals surface area contributed by atoms with E-state index >= 15 is 0 Å². The summed E-state index contributed by atoms with van der Waals surface area (Å²) in [5.74, 6) is -0.0303. The number of Topliss-reactive ketones (excluding diaryl/α,β-unsaturated/α-hetero) is 1. The van der Waals surface area contributed by atoms with Crippen molar-refractivity contribution >= 4 is 17.4 Å². The van der Waals surface area contributed by atoms with E-state index in [4.69, 9.17) is 11.6 Å². The highest BCUT2D eigenvalue weighted by Crippen LogP contribution is 2.10. The van der Waals surface area contributed by atoms with Crippen LogP contribution in [-0.2, 0) is 19.9 Å². The van der Waals surface area contributed by atoms with E-state index in [0.717, 1.165) is 17.8 Å². The monoisotopic (exact) mass is 263 g/mol. The summed E-state index contributed by atoms with van der Waals surface area (Å²) in [4.78, 5) is 16.0. The molecule has 0 aliphatic rings. The van der Waals surface area contributed by atoms with Crippen LogP contribution in [0.3, 0.4) is 0 Å². The van der Waals surface area contributed by atoms with Crippen molar-refractivity contribution < 1.29 is 4.79 Å². The molecule has 0 N–H and O–H groups in total. The Labute approximate surface area is 111 Å². The maximum atomic E-state index is 12.0. The Balaban J connectivity index is 2.15. The van der Waals surface area contributed by atoms with Crippen molar-refractivity contribution in [1.82, 2.24) is 14.8 Å². The average molecular weight is 264 g/mol. The molecule has 0 atom stereocenters. The van der Waals surface area contributed by atoms with Gasteiger partial charge in [-0.1, -0.05) is 18.5 Å². The van der Waals surface area contributed by atoms with Gasteiger partial charge in [0.25, 0.3) is 0 Å². The van der Waals surface area contributed by atoms with Gasteiger partial charge in [0.2, 0.25) is 0 Å². The van der Waals surface area contributed by atoms with Crippen LogP contribution in [-0.4, -0.2) is 20.5 Å². The molecule has 2 heterocycles. The molecule has 0 radical (unpaired) electrons. The molecule has 4 nitrogen and oxygen atoms in total. The second-order valence-corrected chi connectivity index (χ2v) is 4.50. The zero-order chi connectivity index (χ0) is 13.1. The van der Waals surface area contributed by atoms with Crippen LogP contribution in [0, 0.1) is 0 Å². The third kappa shape index (κ3) is 2.76. The number of carbonyl (C=O) groups is 1. The van der Waals surface area contributed by atoms with Gasteiger partial charge in [-0.05, 0) is 24.6 Å². The molecule has 0 aliphatic carbocycles. The maximum Gasteiger partial charge on any atom is 0.187 e. The lowest BCUT2D eigenvalue weighted by atomic mass is 10.1. The molecule has 0 bridgehead atoms. The lowest BCUT2D eigenvalue weighted by molar-refractivity contribution is 0.0986. The average Bonchev–Trinajstić information content (AvgIpc) is 2.71. The van der Waals surface area contributed by atoms with Crippen LogP contribution in [0.4, 0.5) is 0 Å². The Bertz CT molecular complexity index is 560. The Kier molecular flexibility index (Phi) is 3.77. The lowest BCUT2D eigenvalue weighted by Gasteiger charge is -2.01. The molecule has 2 aromatic heterocycles. The standard InChI is InChI=1S/C13H14ClN3O/c1-3-10-6-11(17(2)16-10)7-13(18)12-5-4-9(14)8-15-12/h4-6,8H,3,7H2,1-2H3. The van der Waals surface area contributed by atoms with E-state index < -0.39 is 0 Å². The van der Waals surface area contributed by atoms with Gasteiger partial charge < -0.3 is 0 Å². The van der Waals surface area contributed by atoms with Crippen LogP contribution < -0.4 is 0 Å². The van der Waals surface area contributed by atoms with Gasteiger partial charge in [-0.2, -0.15) is 5.10 Å².